The number of aryl methyl sites for hydroxylation is 2. The lowest BCUT2D eigenvalue weighted by molar-refractivity contribution is 0.687. The van der Waals surface area contributed by atoms with Crippen molar-refractivity contribution in [3.63, 3.8) is 0 Å². The van der Waals surface area contributed by atoms with Crippen LogP contribution in [0, 0.1) is 13.8 Å². The smallest absolute Gasteiger partial charge is 0.0702 e. The van der Waals surface area contributed by atoms with Crippen LogP contribution in [0.1, 0.15) is 28.6 Å². The van der Waals surface area contributed by atoms with Crippen molar-refractivity contribution < 1.29 is 0 Å². The monoisotopic (exact) mass is 277 g/mol. The molecule has 0 radical (unpaired) electrons. The van der Waals surface area contributed by atoms with Crippen molar-refractivity contribution in [1.29, 1.82) is 0 Å². The number of para-hydroxylation sites is 1. The van der Waals surface area contributed by atoms with Gasteiger partial charge in [-0.1, -0.05) is 18.2 Å². The molecule has 0 bridgehead atoms. The van der Waals surface area contributed by atoms with Gasteiger partial charge in [0, 0.05) is 23.0 Å². The Labute approximate surface area is 125 Å². The number of aromatic nitrogens is 2. The molecular weight excluding hydrogens is 258 g/mol. The minimum Gasteiger partial charge on any atom is -0.309 e. The Morgan fingerprint density at radius 2 is 1.67 bits per heavy atom. The van der Waals surface area contributed by atoms with E-state index in [0.29, 0.717) is 0 Å². The van der Waals surface area contributed by atoms with E-state index in [4.69, 9.17) is 0 Å². The number of nitrogens with zero attached hydrogens (tertiary/aromatic N) is 2. The van der Waals surface area contributed by atoms with Gasteiger partial charge in [-0.15, -0.1) is 0 Å². The summed E-state index contributed by atoms with van der Waals surface area (Å²) in [7, 11) is 1.98. The maximum Gasteiger partial charge on any atom is 0.0702 e. The summed E-state index contributed by atoms with van der Waals surface area (Å²) in [5.41, 5.74) is 5.50. The van der Waals surface area contributed by atoms with E-state index >= 15 is 0 Å². The molecular formula is C18H19N3. The van der Waals surface area contributed by atoms with Crippen molar-refractivity contribution in [1.82, 2.24) is 15.3 Å². The SMILES string of the molecule is CNC(c1cc(C)nc(C)c1)c1cnc2ccccc2c1. The van der Waals surface area contributed by atoms with Gasteiger partial charge >= 0.3 is 0 Å². The zero-order chi connectivity index (χ0) is 14.8. The molecule has 3 rings (SSSR count). The molecule has 1 N–H and O–H groups in total. The highest BCUT2D eigenvalue weighted by atomic mass is 14.9. The van der Waals surface area contributed by atoms with Crippen molar-refractivity contribution in [2.45, 2.75) is 19.9 Å². The normalized spacial score (nSPS) is 12.5. The molecule has 0 fully saturated rings. The lowest BCUT2D eigenvalue weighted by atomic mass is 9.98. The first-order chi connectivity index (χ1) is 10.2. The summed E-state index contributed by atoms with van der Waals surface area (Å²) >= 11 is 0. The molecule has 0 aliphatic rings. The topological polar surface area (TPSA) is 37.8 Å². The fourth-order valence-electron chi connectivity index (χ4n) is 2.81. The highest BCUT2D eigenvalue weighted by Gasteiger charge is 2.14. The minimum absolute atomic E-state index is 0.127. The number of pyridine rings is 2. The highest BCUT2D eigenvalue weighted by Crippen LogP contribution is 2.24. The van der Waals surface area contributed by atoms with E-state index in [-0.39, 0.29) is 6.04 Å². The third-order valence-corrected chi connectivity index (χ3v) is 3.67. The number of benzene rings is 1. The second kappa shape index (κ2) is 5.62. The van der Waals surface area contributed by atoms with E-state index < -0.39 is 0 Å². The Morgan fingerprint density at radius 1 is 0.952 bits per heavy atom. The summed E-state index contributed by atoms with van der Waals surface area (Å²) in [6.07, 6.45) is 1.95. The number of hydrogen-bond acceptors (Lipinski definition) is 3. The summed E-state index contributed by atoms with van der Waals surface area (Å²) in [4.78, 5) is 9.02. The Bertz CT molecular complexity index is 760. The van der Waals surface area contributed by atoms with Crippen LogP contribution in [-0.4, -0.2) is 17.0 Å². The molecule has 2 heterocycles. The van der Waals surface area contributed by atoms with Crippen LogP contribution < -0.4 is 5.32 Å². The summed E-state index contributed by atoms with van der Waals surface area (Å²) in [6.45, 7) is 4.06. The molecule has 0 spiro atoms. The molecule has 0 aliphatic carbocycles. The molecule has 1 atom stereocenters. The maximum atomic E-state index is 4.56. The fraction of sp³-hybridized carbons (Fsp3) is 0.222. The van der Waals surface area contributed by atoms with Gasteiger partial charge < -0.3 is 5.32 Å². The standard InChI is InChI=1S/C18H19N3/c1-12-8-15(9-13(2)21-12)18(19-3)16-10-14-6-4-5-7-17(14)20-11-16/h4-11,18-19H,1-3H3. The van der Waals surface area contributed by atoms with Gasteiger partial charge in [0.25, 0.3) is 0 Å². The van der Waals surface area contributed by atoms with Crippen molar-refractivity contribution in [3.05, 3.63) is 71.2 Å². The largest absolute Gasteiger partial charge is 0.309 e. The molecule has 3 aromatic rings. The Kier molecular flexibility index (Phi) is 3.67. The van der Waals surface area contributed by atoms with Crippen LogP contribution in [0.2, 0.25) is 0 Å². The van der Waals surface area contributed by atoms with Gasteiger partial charge in [0.05, 0.1) is 11.6 Å². The predicted octanol–water partition coefficient (Wildman–Crippen LogP) is 3.56. The van der Waals surface area contributed by atoms with E-state index in [0.717, 1.165) is 22.3 Å². The van der Waals surface area contributed by atoms with Gasteiger partial charge in [0.15, 0.2) is 0 Å². The van der Waals surface area contributed by atoms with Crippen LogP contribution in [0.25, 0.3) is 10.9 Å². The first kappa shape index (κ1) is 13.7. The summed E-state index contributed by atoms with van der Waals surface area (Å²) in [5.74, 6) is 0. The van der Waals surface area contributed by atoms with Crippen molar-refractivity contribution in [3.8, 4) is 0 Å². The third-order valence-electron chi connectivity index (χ3n) is 3.67. The van der Waals surface area contributed by atoms with E-state index in [9.17, 15) is 0 Å². The fourth-order valence-corrected chi connectivity index (χ4v) is 2.81. The summed E-state index contributed by atoms with van der Waals surface area (Å²) < 4.78 is 0. The first-order valence-electron chi connectivity index (χ1n) is 7.14. The molecule has 106 valence electrons. The van der Waals surface area contributed by atoms with Gasteiger partial charge in [-0.3, -0.25) is 9.97 Å². The number of nitrogens with one attached hydrogen (secondary N) is 1. The number of fused-ring (bicyclic) bond motifs is 1. The predicted molar refractivity (Wildman–Crippen MR) is 86.4 cm³/mol. The van der Waals surface area contributed by atoms with E-state index in [1.807, 2.05) is 45.3 Å². The lowest BCUT2D eigenvalue weighted by Gasteiger charge is -2.18. The van der Waals surface area contributed by atoms with Crippen LogP contribution in [0.4, 0.5) is 0 Å². The molecule has 3 heteroatoms. The summed E-state index contributed by atoms with van der Waals surface area (Å²) in [5, 5.41) is 4.55. The second-order valence-electron chi connectivity index (χ2n) is 5.37. The van der Waals surface area contributed by atoms with Crippen LogP contribution in [0.15, 0.2) is 48.7 Å². The van der Waals surface area contributed by atoms with Crippen molar-refractivity contribution in [2.24, 2.45) is 0 Å². The Hall–Kier alpha value is -2.26. The average molecular weight is 277 g/mol. The molecule has 0 amide bonds. The average Bonchev–Trinajstić information content (AvgIpc) is 2.47. The zero-order valence-electron chi connectivity index (χ0n) is 12.6. The Balaban J connectivity index is 2.08. The van der Waals surface area contributed by atoms with Crippen LogP contribution in [-0.2, 0) is 0 Å². The van der Waals surface area contributed by atoms with Crippen molar-refractivity contribution >= 4 is 10.9 Å². The van der Waals surface area contributed by atoms with Gasteiger partial charge in [0.2, 0.25) is 0 Å². The Morgan fingerprint density at radius 3 is 2.38 bits per heavy atom. The van der Waals surface area contributed by atoms with Crippen LogP contribution in [0.3, 0.4) is 0 Å². The lowest BCUT2D eigenvalue weighted by Crippen LogP contribution is -2.18. The molecule has 1 unspecified atom stereocenters. The zero-order valence-corrected chi connectivity index (χ0v) is 12.6. The first-order valence-corrected chi connectivity index (χ1v) is 7.14. The summed E-state index contributed by atoms with van der Waals surface area (Å²) in [6, 6.07) is 14.8. The molecule has 1 aromatic carbocycles. The van der Waals surface area contributed by atoms with Crippen molar-refractivity contribution in [2.75, 3.05) is 7.05 Å². The second-order valence-corrected chi connectivity index (χ2v) is 5.37. The quantitative estimate of drug-likeness (QED) is 0.795. The van der Waals surface area contributed by atoms with Gasteiger partial charge in [-0.05, 0) is 56.3 Å². The third kappa shape index (κ3) is 2.78. The van der Waals surface area contributed by atoms with Gasteiger partial charge in [-0.2, -0.15) is 0 Å². The molecule has 3 nitrogen and oxygen atoms in total. The number of hydrogen-bond donors (Lipinski definition) is 1. The van der Waals surface area contributed by atoms with Crippen LogP contribution in [0.5, 0.6) is 0 Å². The number of rotatable bonds is 3. The molecule has 0 saturated heterocycles. The van der Waals surface area contributed by atoms with E-state index in [1.165, 1.54) is 11.1 Å². The molecule has 0 aliphatic heterocycles. The van der Waals surface area contributed by atoms with Crippen LogP contribution >= 0.6 is 0 Å². The van der Waals surface area contributed by atoms with E-state index in [1.54, 1.807) is 0 Å². The van der Waals surface area contributed by atoms with E-state index in [2.05, 4.69) is 39.6 Å². The van der Waals surface area contributed by atoms with Gasteiger partial charge in [0.1, 0.15) is 0 Å². The highest BCUT2D eigenvalue weighted by molar-refractivity contribution is 5.79. The maximum absolute atomic E-state index is 4.56. The van der Waals surface area contributed by atoms with Gasteiger partial charge in [-0.25, -0.2) is 0 Å². The molecule has 0 saturated carbocycles. The minimum atomic E-state index is 0.127. The molecule has 21 heavy (non-hydrogen) atoms. The molecule has 2 aromatic heterocycles.